The van der Waals surface area contributed by atoms with Crippen LogP contribution in [0.1, 0.15) is 22.9 Å². The van der Waals surface area contributed by atoms with Gasteiger partial charge < -0.3 is 24.9 Å². The number of hydrogen-bond donors (Lipinski definition) is 3. The second kappa shape index (κ2) is 8.24. The van der Waals surface area contributed by atoms with E-state index in [0.29, 0.717) is 37.1 Å². The lowest BCUT2D eigenvalue weighted by Gasteiger charge is -2.11. The molecule has 7 nitrogen and oxygen atoms in total. The number of guanidine groups is 1. The number of hydrogen-bond acceptors (Lipinski definition) is 5. The first-order valence-corrected chi connectivity index (χ1v) is 7.76. The zero-order valence-electron chi connectivity index (χ0n) is 14.5. The van der Waals surface area contributed by atoms with Gasteiger partial charge in [-0.15, -0.1) is 0 Å². The molecule has 2 rings (SSSR count). The van der Waals surface area contributed by atoms with Crippen molar-refractivity contribution < 1.29 is 14.3 Å². The molecular formula is C17H24N4O3. The van der Waals surface area contributed by atoms with Crippen LogP contribution in [0.2, 0.25) is 0 Å². The molecule has 0 bridgehead atoms. The Balaban J connectivity index is 1.81. The van der Waals surface area contributed by atoms with Gasteiger partial charge in [-0.25, -0.2) is 4.98 Å². The third kappa shape index (κ3) is 4.65. The minimum Gasteiger partial charge on any atom is -0.508 e. The maximum absolute atomic E-state index is 9.95. The van der Waals surface area contributed by atoms with E-state index < -0.39 is 0 Å². The molecule has 1 heterocycles. The Bertz CT molecular complexity index is 690. The van der Waals surface area contributed by atoms with E-state index in [9.17, 15) is 5.11 Å². The number of rotatable bonds is 6. The molecule has 1 aromatic carbocycles. The number of aromatic hydroxyl groups is 1. The van der Waals surface area contributed by atoms with Crippen LogP contribution in [0.5, 0.6) is 11.5 Å². The number of oxazole rings is 1. The first kappa shape index (κ1) is 17.7. The summed E-state index contributed by atoms with van der Waals surface area (Å²) in [6.45, 7) is 4.89. The zero-order chi connectivity index (χ0) is 17.5. The minimum atomic E-state index is 0.227. The largest absolute Gasteiger partial charge is 0.508 e. The van der Waals surface area contributed by atoms with Crippen LogP contribution in [0.25, 0.3) is 0 Å². The van der Waals surface area contributed by atoms with Gasteiger partial charge in [0.2, 0.25) is 5.89 Å². The Hall–Kier alpha value is -2.70. The topological polar surface area (TPSA) is 91.9 Å². The molecule has 24 heavy (non-hydrogen) atoms. The average Bonchev–Trinajstić information content (AvgIpc) is 2.90. The molecule has 0 amide bonds. The fourth-order valence-corrected chi connectivity index (χ4v) is 2.19. The van der Waals surface area contributed by atoms with E-state index in [-0.39, 0.29) is 5.75 Å². The van der Waals surface area contributed by atoms with Crippen molar-refractivity contribution in [2.45, 2.75) is 26.8 Å². The standard InChI is InChI=1S/C17H24N4O3/c1-11-12(2)24-16(21-11)10-20-17(18-3)19-8-7-13-5-6-14(23-4)9-15(13)22/h5-6,9,22H,7-8,10H2,1-4H3,(H2,18,19,20). The second-order valence-electron chi connectivity index (χ2n) is 5.35. The number of nitrogens with one attached hydrogen (secondary N) is 2. The molecule has 0 aliphatic heterocycles. The van der Waals surface area contributed by atoms with Crippen LogP contribution >= 0.6 is 0 Å². The fourth-order valence-electron chi connectivity index (χ4n) is 2.19. The molecule has 0 spiro atoms. The van der Waals surface area contributed by atoms with Crippen LogP contribution in [-0.4, -0.2) is 36.8 Å². The van der Waals surface area contributed by atoms with Crippen LogP contribution in [-0.2, 0) is 13.0 Å². The number of nitrogens with zero attached hydrogens (tertiary/aromatic N) is 2. The molecule has 130 valence electrons. The van der Waals surface area contributed by atoms with Crippen molar-refractivity contribution in [1.29, 1.82) is 0 Å². The molecule has 3 N–H and O–H groups in total. The lowest BCUT2D eigenvalue weighted by molar-refractivity contribution is 0.406. The van der Waals surface area contributed by atoms with E-state index >= 15 is 0 Å². The number of benzene rings is 1. The number of phenolic OH excluding ortho intramolecular Hbond substituents is 1. The van der Waals surface area contributed by atoms with E-state index in [1.54, 1.807) is 20.2 Å². The highest BCUT2D eigenvalue weighted by Crippen LogP contribution is 2.23. The number of methoxy groups -OCH3 is 1. The molecule has 0 saturated carbocycles. The first-order chi connectivity index (χ1) is 11.5. The Morgan fingerprint density at radius 1 is 1.33 bits per heavy atom. The SMILES string of the molecule is CN=C(NCCc1ccc(OC)cc1O)NCc1nc(C)c(C)o1. The number of aromatic nitrogens is 1. The number of phenols is 1. The van der Waals surface area contributed by atoms with Crippen molar-refractivity contribution in [2.75, 3.05) is 20.7 Å². The molecular weight excluding hydrogens is 308 g/mol. The smallest absolute Gasteiger partial charge is 0.214 e. The lowest BCUT2D eigenvalue weighted by Crippen LogP contribution is -2.37. The monoisotopic (exact) mass is 332 g/mol. The predicted octanol–water partition coefficient (Wildman–Crippen LogP) is 1.91. The van der Waals surface area contributed by atoms with Crippen molar-refractivity contribution in [2.24, 2.45) is 4.99 Å². The summed E-state index contributed by atoms with van der Waals surface area (Å²) >= 11 is 0. The van der Waals surface area contributed by atoms with Gasteiger partial charge in [0.25, 0.3) is 0 Å². The Kier molecular flexibility index (Phi) is 6.06. The Morgan fingerprint density at radius 3 is 2.71 bits per heavy atom. The summed E-state index contributed by atoms with van der Waals surface area (Å²) in [6, 6.07) is 5.29. The van der Waals surface area contributed by atoms with Gasteiger partial charge in [-0.1, -0.05) is 6.07 Å². The van der Waals surface area contributed by atoms with Crippen LogP contribution < -0.4 is 15.4 Å². The van der Waals surface area contributed by atoms with Gasteiger partial charge in [0.15, 0.2) is 5.96 Å². The van der Waals surface area contributed by atoms with Gasteiger partial charge in [0.1, 0.15) is 17.3 Å². The molecule has 1 aromatic heterocycles. The van der Waals surface area contributed by atoms with Crippen LogP contribution in [0.3, 0.4) is 0 Å². The summed E-state index contributed by atoms with van der Waals surface area (Å²) in [5.74, 6) is 2.96. The third-order valence-electron chi connectivity index (χ3n) is 3.68. The molecule has 0 aliphatic carbocycles. The summed E-state index contributed by atoms with van der Waals surface area (Å²) in [4.78, 5) is 8.47. The molecule has 7 heteroatoms. The molecule has 0 fully saturated rings. The van der Waals surface area contributed by atoms with Gasteiger partial charge in [-0.3, -0.25) is 4.99 Å². The molecule has 0 radical (unpaired) electrons. The van der Waals surface area contributed by atoms with E-state index in [1.165, 1.54) is 0 Å². The normalized spacial score (nSPS) is 11.4. The zero-order valence-corrected chi connectivity index (χ0v) is 14.5. The fraction of sp³-hybridized carbons (Fsp3) is 0.412. The summed E-state index contributed by atoms with van der Waals surface area (Å²) in [7, 11) is 3.27. The van der Waals surface area contributed by atoms with Gasteiger partial charge in [0, 0.05) is 19.7 Å². The molecule has 0 saturated heterocycles. The van der Waals surface area contributed by atoms with Crippen LogP contribution in [0.4, 0.5) is 0 Å². The second-order valence-corrected chi connectivity index (χ2v) is 5.35. The minimum absolute atomic E-state index is 0.227. The van der Waals surface area contributed by atoms with Crippen molar-refractivity contribution >= 4 is 5.96 Å². The summed E-state index contributed by atoms with van der Waals surface area (Å²) in [5, 5.41) is 16.3. The highest BCUT2D eigenvalue weighted by atomic mass is 16.5. The molecule has 0 aliphatic rings. The molecule has 0 atom stereocenters. The van der Waals surface area contributed by atoms with E-state index in [2.05, 4.69) is 20.6 Å². The van der Waals surface area contributed by atoms with Crippen molar-refractivity contribution in [1.82, 2.24) is 15.6 Å². The number of aryl methyl sites for hydroxylation is 2. The first-order valence-electron chi connectivity index (χ1n) is 7.76. The van der Waals surface area contributed by atoms with Gasteiger partial charge in [-0.2, -0.15) is 0 Å². The number of aliphatic imine (C=N–C) groups is 1. The van der Waals surface area contributed by atoms with Crippen molar-refractivity contribution in [3.05, 3.63) is 41.1 Å². The lowest BCUT2D eigenvalue weighted by atomic mass is 10.1. The Morgan fingerprint density at radius 2 is 2.12 bits per heavy atom. The van der Waals surface area contributed by atoms with Crippen molar-refractivity contribution in [3.8, 4) is 11.5 Å². The van der Waals surface area contributed by atoms with Gasteiger partial charge in [-0.05, 0) is 31.9 Å². The average molecular weight is 332 g/mol. The highest BCUT2D eigenvalue weighted by molar-refractivity contribution is 5.79. The Labute approximate surface area is 141 Å². The van der Waals surface area contributed by atoms with E-state index in [1.807, 2.05) is 26.0 Å². The van der Waals surface area contributed by atoms with Crippen molar-refractivity contribution in [3.63, 3.8) is 0 Å². The van der Waals surface area contributed by atoms with Gasteiger partial charge >= 0.3 is 0 Å². The summed E-state index contributed by atoms with van der Waals surface area (Å²) < 4.78 is 10.6. The maximum Gasteiger partial charge on any atom is 0.214 e. The van der Waals surface area contributed by atoms with Crippen LogP contribution in [0.15, 0.2) is 27.6 Å². The van der Waals surface area contributed by atoms with Gasteiger partial charge in [0.05, 0.1) is 19.3 Å². The van der Waals surface area contributed by atoms with E-state index in [4.69, 9.17) is 9.15 Å². The summed E-state index contributed by atoms with van der Waals surface area (Å²) in [5.41, 5.74) is 1.74. The predicted molar refractivity (Wildman–Crippen MR) is 92.5 cm³/mol. The molecule has 2 aromatic rings. The molecule has 0 unspecified atom stereocenters. The number of ether oxygens (including phenoxy) is 1. The van der Waals surface area contributed by atoms with Crippen LogP contribution in [0, 0.1) is 13.8 Å². The highest BCUT2D eigenvalue weighted by Gasteiger charge is 2.07. The van der Waals surface area contributed by atoms with E-state index in [0.717, 1.165) is 17.0 Å². The maximum atomic E-state index is 9.95. The quantitative estimate of drug-likeness (QED) is 0.553. The third-order valence-corrected chi connectivity index (χ3v) is 3.68. The summed E-state index contributed by atoms with van der Waals surface area (Å²) in [6.07, 6.45) is 0.660.